The first-order chi connectivity index (χ1) is 8.01. The molecule has 1 atom stereocenters. The van der Waals surface area contributed by atoms with Crippen LogP contribution in [0.15, 0.2) is 22.7 Å². The quantitative estimate of drug-likeness (QED) is 0.773. The van der Waals surface area contributed by atoms with Gasteiger partial charge in [-0.25, -0.2) is 4.39 Å². The molecule has 1 aromatic carbocycles. The smallest absolute Gasteiger partial charge is 0.245 e. The molecule has 0 saturated carbocycles. The summed E-state index contributed by atoms with van der Waals surface area (Å²) in [6.07, 6.45) is 0. The van der Waals surface area contributed by atoms with Crippen molar-refractivity contribution in [1.29, 1.82) is 0 Å². The zero-order valence-electron chi connectivity index (χ0n) is 9.71. The topological polar surface area (TPSA) is 20.3 Å². The number of alkyl halides is 1. The number of hydrogen-bond donors (Lipinski definition) is 0. The van der Waals surface area contributed by atoms with Crippen LogP contribution in [0.4, 0.5) is 4.39 Å². The van der Waals surface area contributed by atoms with Crippen molar-refractivity contribution in [1.82, 2.24) is 4.90 Å². The first-order valence-corrected chi connectivity index (χ1v) is 6.62. The van der Waals surface area contributed by atoms with Crippen LogP contribution < -0.4 is 0 Å². The van der Waals surface area contributed by atoms with Crippen molar-refractivity contribution >= 4 is 33.4 Å². The highest BCUT2D eigenvalue weighted by Gasteiger charge is 2.24. The Morgan fingerprint density at radius 2 is 2.06 bits per heavy atom. The number of carbonyl (C=O) groups excluding carboxylic acids is 1. The van der Waals surface area contributed by atoms with E-state index in [9.17, 15) is 9.18 Å². The number of rotatable bonds is 4. The van der Waals surface area contributed by atoms with Crippen molar-refractivity contribution in [3.8, 4) is 0 Å². The molecule has 17 heavy (non-hydrogen) atoms. The van der Waals surface area contributed by atoms with Gasteiger partial charge in [-0.3, -0.25) is 4.79 Å². The molecule has 1 unspecified atom stereocenters. The van der Waals surface area contributed by atoms with Gasteiger partial charge in [-0.15, -0.1) is 11.6 Å². The van der Waals surface area contributed by atoms with Gasteiger partial charge < -0.3 is 4.90 Å². The molecule has 0 spiro atoms. The maximum absolute atomic E-state index is 13.1. The second-order valence-corrected chi connectivity index (χ2v) is 4.83. The van der Waals surface area contributed by atoms with Gasteiger partial charge in [-0.2, -0.15) is 0 Å². The largest absolute Gasteiger partial charge is 0.342 e. The molecule has 0 fully saturated rings. The van der Waals surface area contributed by atoms with E-state index < -0.39 is 11.2 Å². The van der Waals surface area contributed by atoms with E-state index in [4.69, 9.17) is 11.6 Å². The van der Waals surface area contributed by atoms with Gasteiger partial charge in [-0.05, 0) is 37.6 Å². The summed E-state index contributed by atoms with van der Waals surface area (Å²) in [4.78, 5) is 13.6. The standard InChI is InChI=1S/C12H14BrClFNO/c1-3-16(4-2)12(17)11(14)9-7-8(15)5-6-10(9)13/h5-7,11H,3-4H2,1-2H3. The van der Waals surface area contributed by atoms with Crippen LogP contribution in [0.25, 0.3) is 0 Å². The molecule has 0 aromatic heterocycles. The third kappa shape index (κ3) is 3.42. The summed E-state index contributed by atoms with van der Waals surface area (Å²) >= 11 is 9.37. The Labute approximate surface area is 114 Å². The van der Waals surface area contributed by atoms with Crippen LogP contribution in [-0.4, -0.2) is 23.9 Å². The Hall–Kier alpha value is -0.610. The fourth-order valence-corrected chi connectivity index (χ4v) is 2.46. The average molecular weight is 323 g/mol. The van der Waals surface area contributed by atoms with Gasteiger partial charge in [-0.1, -0.05) is 15.9 Å². The lowest BCUT2D eigenvalue weighted by atomic mass is 10.1. The molecule has 1 amide bonds. The summed E-state index contributed by atoms with van der Waals surface area (Å²) in [7, 11) is 0. The van der Waals surface area contributed by atoms with Crippen LogP contribution in [-0.2, 0) is 4.79 Å². The van der Waals surface area contributed by atoms with Gasteiger partial charge in [0.05, 0.1) is 0 Å². The second-order valence-electron chi connectivity index (χ2n) is 3.54. The zero-order valence-corrected chi connectivity index (χ0v) is 12.1. The van der Waals surface area contributed by atoms with E-state index >= 15 is 0 Å². The fraction of sp³-hybridized carbons (Fsp3) is 0.417. The highest BCUT2D eigenvalue weighted by Crippen LogP contribution is 2.30. The first kappa shape index (κ1) is 14.5. The van der Waals surface area contributed by atoms with Crippen molar-refractivity contribution < 1.29 is 9.18 Å². The van der Waals surface area contributed by atoms with Crippen molar-refractivity contribution in [2.75, 3.05) is 13.1 Å². The second kappa shape index (κ2) is 6.36. The minimum Gasteiger partial charge on any atom is -0.342 e. The van der Waals surface area contributed by atoms with E-state index in [-0.39, 0.29) is 5.91 Å². The number of halogens is 3. The lowest BCUT2D eigenvalue weighted by Gasteiger charge is -2.22. The summed E-state index contributed by atoms with van der Waals surface area (Å²) in [6, 6.07) is 4.15. The zero-order chi connectivity index (χ0) is 13.0. The molecule has 0 aliphatic rings. The molecule has 0 aliphatic heterocycles. The molecule has 94 valence electrons. The first-order valence-electron chi connectivity index (χ1n) is 5.39. The molecule has 0 aliphatic carbocycles. The maximum Gasteiger partial charge on any atom is 0.245 e. The highest BCUT2D eigenvalue weighted by atomic mass is 79.9. The van der Waals surface area contributed by atoms with Crippen LogP contribution >= 0.6 is 27.5 Å². The molecule has 0 N–H and O–H groups in total. The third-order valence-electron chi connectivity index (χ3n) is 2.52. The Morgan fingerprint density at radius 1 is 1.47 bits per heavy atom. The molecular formula is C12H14BrClFNO. The Kier molecular flexibility index (Phi) is 5.40. The SMILES string of the molecule is CCN(CC)C(=O)C(Cl)c1cc(F)ccc1Br. The summed E-state index contributed by atoms with van der Waals surface area (Å²) < 4.78 is 13.8. The van der Waals surface area contributed by atoms with Crippen LogP contribution in [0.1, 0.15) is 24.8 Å². The van der Waals surface area contributed by atoms with E-state index in [1.54, 1.807) is 11.0 Å². The van der Waals surface area contributed by atoms with E-state index in [0.29, 0.717) is 23.1 Å². The number of carbonyl (C=O) groups is 1. The van der Waals surface area contributed by atoms with E-state index in [1.807, 2.05) is 13.8 Å². The number of amides is 1. The molecule has 1 aromatic rings. The summed E-state index contributed by atoms with van der Waals surface area (Å²) in [5.74, 6) is -0.607. The average Bonchev–Trinajstić information content (AvgIpc) is 2.32. The van der Waals surface area contributed by atoms with Crippen LogP contribution in [0.2, 0.25) is 0 Å². The minimum absolute atomic E-state index is 0.206. The van der Waals surface area contributed by atoms with Crippen LogP contribution in [0.5, 0.6) is 0 Å². The van der Waals surface area contributed by atoms with Crippen molar-refractivity contribution in [3.05, 3.63) is 34.1 Å². The van der Waals surface area contributed by atoms with Crippen molar-refractivity contribution in [2.24, 2.45) is 0 Å². The Balaban J connectivity index is 2.99. The molecular weight excluding hydrogens is 308 g/mol. The van der Waals surface area contributed by atoms with Gasteiger partial charge in [0, 0.05) is 17.6 Å². The van der Waals surface area contributed by atoms with Crippen molar-refractivity contribution in [3.63, 3.8) is 0 Å². The van der Waals surface area contributed by atoms with Gasteiger partial charge in [0.15, 0.2) is 0 Å². The van der Waals surface area contributed by atoms with Crippen LogP contribution in [0.3, 0.4) is 0 Å². The third-order valence-corrected chi connectivity index (χ3v) is 3.67. The summed E-state index contributed by atoms with van der Waals surface area (Å²) in [5, 5.41) is -0.861. The summed E-state index contributed by atoms with van der Waals surface area (Å²) in [6.45, 7) is 4.94. The van der Waals surface area contributed by atoms with Gasteiger partial charge in [0.1, 0.15) is 11.2 Å². The molecule has 2 nitrogen and oxygen atoms in total. The van der Waals surface area contributed by atoms with E-state index in [2.05, 4.69) is 15.9 Å². The lowest BCUT2D eigenvalue weighted by molar-refractivity contribution is -0.130. The fourth-order valence-electron chi connectivity index (χ4n) is 1.54. The predicted molar refractivity (Wildman–Crippen MR) is 70.6 cm³/mol. The Bertz CT molecular complexity index is 409. The molecule has 1 rings (SSSR count). The molecule has 0 radical (unpaired) electrons. The molecule has 0 bridgehead atoms. The monoisotopic (exact) mass is 321 g/mol. The molecule has 0 heterocycles. The van der Waals surface area contributed by atoms with Gasteiger partial charge in [0.25, 0.3) is 0 Å². The Morgan fingerprint density at radius 3 is 2.59 bits per heavy atom. The normalized spacial score (nSPS) is 12.3. The van der Waals surface area contributed by atoms with E-state index in [1.165, 1.54) is 12.1 Å². The summed E-state index contributed by atoms with van der Waals surface area (Å²) in [5.41, 5.74) is 0.462. The van der Waals surface area contributed by atoms with E-state index in [0.717, 1.165) is 0 Å². The predicted octanol–water partition coefficient (Wildman–Crippen LogP) is 3.74. The molecule has 0 saturated heterocycles. The van der Waals surface area contributed by atoms with Crippen LogP contribution in [0, 0.1) is 5.82 Å². The number of hydrogen-bond acceptors (Lipinski definition) is 1. The lowest BCUT2D eigenvalue weighted by Crippen LogP contribution is -2.33. The maximum atomic E-state index is 13.1. The van der Waals surface area contributed by atoms with Crippen molar-refractivity contribution in [2.45, 2.75) is 19.2 Å². The van der Waals surface area contributed by atoms with Gasteiger partial charge >= 0.3 is 0 Å². The highest BCUT2D eigenvalue weighted by molar-refractivity contribution is 9.10. The number of likely N-dealkylation sites (N-methyl/N-ethyl adjacent to an activating group) is 1. The van der Waals surface area contributed by atoms with Gasteiger partial charge in [0.2, 0.25) is 5.91 Å². The minimum atomic E-state index is -0.861. The number of nitrogens with zero attached hydrogens (tertiary/aromatic N) is 1. The number of benzene rings is 1. The molecule has 5 heteroatoms.